The maximum absolute atomic E-state index is 5.51. The highest BCUT2D eigenvalue weighted by Crippen LogP contribution is 2.46. The van der Waals surface area contributed by atoms with Crippen LogP contribution in [0, 0.1) is 6.92 Å². The van der Waals surface area contributed by atoms with E-state index in [1.165, 1.54) is 29.7 Å². The molecule has 0 radical (unpaired) electrons. The lowest BCUT2D eigenvalue weighted by atomic mass is 10.0. The summed E-state index contributed by atoms with van der Waals surface area (Å²) in [5.74, 6) is 1.72. The van der Waals surface area contributed by atoms with Crippen molar-refractivity contribution in [3.05, 3.63) is 23.3 Å². The maximum Gasteiger partial charge on any atom is 0.124 e. The van der Waals surface area contributed by atoms with Gasteiger partial charge in [0.2, 0.25) is 0 Å². The Labute approximate surface area is 110 Å². The molecule has 2 heteroatoms. The Balaban J connectivity index is 2.33. The van der Waals surface area contributed by atoms with E-state index in [1.807, 2.05) is 0 Å². The van der Waals surface area contributed by atoms with Crippen LogP contribution >= 0.6 is 0 Å². The van der Waals surface area contributed by atoms with Crippen LogP contribution in [-0.2, 0) is 0 Å². The van der Waals surface area contributed by atoms with E-state index in [9.17, 15) is 0 Å². The van der Waals surface area contributed by atoms with Crippen LogP contribution in [0.2, 0.25) is 0 Å². The zero-order valence-electron chi connectivity index (χ0n) is 11.9. The van der Waals surface area contributed by atoms with E-state index in [1.54, 1.807) is 7.11 Å². The first-order valence-corrected chi connectivity index (χ1v) is 6.88. The molecule has 0 N–H and O–H groups in total. The molecule has 0 aromatic heterocycles. The number of methoxy groups -OCH3 is 1. The summed E-state index contributed by atoms with van der Waals surface area (Å²) in [6, 6.07) is 4.36. The molecular formula is C16H23NO. The molecule has 1 aliphatic carbocycles. The second kappa shape index (κ2) is 5.55. The van der Waals surface area contributed by atoms with Crippen molar-refractivity contribution in [2.24, 2.45) is 4.99 Å². The van der Waals surface area contributed by atoms with E-state index >= 15 is 0 Å². The smallest absolute Gasteiger partial charge is 0.124 e. The summed E-state index contributed by atoms with van der Waals surface area (Å²) in [4.78, 5) is 4.71. The van der Waals surface area contributed by atoms with Crippen LogP contribution in [0.4, 0.5) is 5.69 Å². The van der Waals surface area contributed by atoms with Gasteiger partial charge in [0.25, 0.3) is 0 Å². The molecule has 0 spiro atoms. The van der Waals surface area contributed by atoms with Gasteiger partial charge >= 0.3 is 0 Å². The standard InChI is InChI=1S/C16H23NO/c1-5-6-12(3)17-15-10-16(18-4)14(9-11(15)2)13-7-8-13/h9-10,13H,5-8H2,1-4H3. The molecule has 0 aliphatic heterocycles. The third kappa shape index (κ3) is 2.92. The van der Waals surface area contributed by atoms with Crippen LogP contribution < -0.4 is 4.74 Å². The van der Waals surface area contributed by atoms with Gasteiger partial charge in [-0.15, -0.1) is 0 Å². The van der Waals surface area contributed by atoms with Gasteiger partial charge in [0.1, 0.15) is 5.75 Å². The zero-order valence-corrected chi connectivity index (χ0v) is 11.9. The minimum atomic E-state index is 0.716. The van der Waals surface area contributed by atoms with Gasteiger partial charge in [-0.1, -0.05) is 13.3 Å². The molecule has 1 aliphatic rings. The zero-order chi connectivity index (χ0) is 13.1. The molecule has 1 fully saturated rings. The Hall–Kier alpha value is -1.31. The van der Waals surface area contributed by atoms with E-state index in [-0.39, 0.29) is 0 Å². The van der Waals surface area contributed by atoms with E-state index in [4.69, 9.17) is 9.73 Å². The lowest BCUT2D eigenvalue weighted by molar-refractivity contribution is 0.410. The monoisotopic (exact) mass is 245 g/mol. The Morgan fingerprint density at radius 1 is 1.39 bits per heavy atom. The first-order chi connectivity index (χ1) is 8.65. The van der Waals surface area contributed by atoms with Gasteiger partial charge < -0.3 is 4.74 Å². The Morgan fingerprint density at radius 2 is 2.11 bits per heavy atom. The molecule has 2 rings (SSSR count). The fraction of sp³-hybridized carbons (Fsp3) is 0.562. The number of hydrogen-bond donors (Lipinski definition) is 0. The van der Waals surface area contributed by atoms with Gasteiger partial charge in [-0.2, -0.15) is 0 Å². The summed E-state index contributed by atoms with van der Waals surface area (Å²) in [5, 5.41) is 0. The summed E-state index contributed by atoms with van der Waals surface area (Å²) < 4.78 is 5.51. The Bertz CT molecular complexity index is 458. The minimum Gasteiger partial charge on any atom is -0.496 e. The second-order valence-corrected chi connectivity index (χ2v) is 5.25. The van der Waals surface area contributed by atoms with Crippen molar-refractivity contribution in [3.63, 3.8) is 0 Å². The average molecular weight is 245 g/mol. The van der Waals surface area contributed by atoms with Crippen LogP contribution in [0.5, 0.6) is 5.75 Å². The van der Waals surface area contributed by atoms with Gasteiger partial charge in [-0.25, -0.2) is 0 Å². The summed E-state index contributed by atoms with van der Waals surface area (Å²) in [6.07, 6.45) is 4.80. The summed E-state index contributed by atoms with van der Waals surface area (Å²) >= 11 is 0. The predicted molar refractivity (Wildman–Crippen MR) is 77.4 cm³/mol. The highest BCUT2D eigenvalue weighted by atomic mass is 16.5. The number of hydrogen-bond acceptors (Lipinski definition) is 2. The molecule has 0 amide bonds. The number of rotatable bonds is 5. The molecule has 0 saturated heterocycles. The van der Waals surface area contributed by atoms with Gasteiger partial charge in [-0.05, 0) is 56.2 Å². The van der Waals surface area contributed by atoms with Crippen molar-refractivity contribution in [2.45, 2.75) is 52.4 Å². The minimum absolute atomic E-state index is 0.716. The topological polar surface area (TPSA) is 21.6 Å². The van der Waals surface area contributed by atoms with Crippen LogP contribution in [0.25, 0.3) is 0 Å². The first-order valence-electron chi connectivity index (χ1n) is 6.88. The van der Waals surface area contributed by atoms with E-state index in [2.05, 4.69) is 32.9 Å². The molecule has 98 valence electrons. The number of benzene rings is 1. The molecule has 0 atom stereocenters. The van der Waals surface area contributed by atoms with Gasteiger partial charge in [0.05, 0.1) is 12.8 Å². The largest absolute Gasteiger partial charge is 0.496 e. The fourth-order valence-electron chi connectivity index (χ4n) is 2.33. The van der Waals surface area contributed by atoms with E-state index < -0.39 is 0 Å². The van der Waals surface area contributed by atoms with Crippen LogP contribution in [0.1, 0.15) is 56.6 Å². The van der Waals surface area contributed by atoms with Crippen molar-refractivity contribution in [3.8, 4) is 5.75 Å². The first kappa shape index (κ1) is 13.1. The number of aliphatic imine (C=N–C) groups is 1. The Kier molecular flexibility index (Phi) is 4.05. The molecule has 1 saturated carbocycles. The highest BCUT2D eigenvalue weighted by Gasteiger charge is 2.27. The maximum atomic E-state index is 5.51. The molecule has 0 bridgehead atoms. The van der Waals surface area contributed by atoms with Crippen LogP contribution in [0.15, 0.2) is 17.1 Å². The highest BCUT2D eigenvalue weighted by molar-refractivity contribution is 5.85. The number of aryl methyl sites for hydroxylation is 1. The summed E-state index contributed by atoms with van der Waals surface area (Å²) in [7, 11) is 1.75. The predicted octanol–water partition coefficient (Wildman–Crippen LogP) is 4.77. The lowest BCUT2D eigenvalue weighted by Crippen LogP contribution is -1.94. The van der Waals surface area contributed by atoms with Crippen molar-refractivity contribution in [2.75, 3.05) is 7.11 Å². The normalized spacial score (nSPS) is 15.9. The van der Waals surface area contributed by atoms with Crippen molar-refractivity contribution in [1.82, 2.24) is 0 Å². The lowest BCUT2D eigenvalue weighted by Gasteiger charge is -2.11. The van der Waals surface area contributed by atoms with Crippen molar-refractivity contribution >= 4 is 11.4 Å². The van der Waals surface area contributed by atoms with Crippen LogP contribution in [-0.4, -0.2) is 12.8 Å². The van der Waals surface area contributed by atoms with Gasteiger partial charge in [0, 0.05) is 11.8 Å². The SMILES string of the molecule is CCCC(C)=Nc1cc(OC)c(C2CC2)cc1C. The second-order valence-electron chi connectivity index (χ2n) is 5.25. The third-order valence-corrected chi connectivity index (χ3v) is 3.49. The van der Waals surface area contributed by atoms with E-state index in [0.717, 1.165) is 24.3 Å². The average Bonchev–Trinajstić information content (AvgIpc) is 3.15. The molecule has 1 aromatic rings. The molecule has 1 aromatic carbocycles. The molecule has 0 unspecified atom stereocenters. The van der Waals surface area contributed by atoms with E-state index in [0.29, 0.717) is 5.92 Å². The molecular weight excluding hydrogens is 222 g/mol. The molecule has 2 nitrogen and oxygen atoms in total. The van der Waals surface area contributed by atoms with Gasteiger partial charge in [0.15, 0.2) is 0 Å². The molecule has 18 heavy (non-hydrogen) atoms. The Morgan fingerprint density at radius 3 is 2.67 bits per heavy atom. The fourth-order valence-corrected chi connectivity index (χ4v) is 2.33. The third-order valence-electron chi connectivity index (χ3n) is 3.49. The van der Waals surface area contributed by atoms with Crippen molar-refractivity contribution in [1.29, 1.82) is 0 Å². The van der Waals surface area contributed by atoms with Crippen molar-refractivity contribution < 1.29 is 4.74 Å². The summed E-state index contributed by atoms with van der Waals surface area (Å²) in [6.45, 7) is 6.43. The molecule has 0 heterocycles. The quantitative estimate of drug-likeness (QED) is 0.684. The number of nitrogens with zero attached hydrogens (tertiary/aromatic N) is 1. The van der Waals surface area contributed by atoms with Gasteiger partial charge in [-0.3, -0.25) is 4.99 Å². The summed E-state index contributed by atoms with van der Waals surface area (Å²) in [5.41, 5.74) is 4.87. The number of ether oxygens (including phenoxy) is 1. The van der Waals surface area contributed by atoms with Crippen LogP contribution in [0.3, 0.4) is 0 Å².